The van der Waals surface area contributed by atoms with Crippen molar-refractivity contribution < 1.29 is 9.90 Å². The Hall–Kier alpha value is -3.00. The maximum Gasteiger partial charge on any atom is 0.265 e. The molecule has 8 heteroatoms. The number of hydrogen-bond donors (Lipinski definition) is 2. The summed E-state index contributed by atoms with van der Waals surface area (Å²) in [5.41, 5.74) is 1.16. The van der Waals surface area contributed by atoms with Crippen molar-refractivity contribution in [2.75, 3.05) is 26.2 Å². The number of likely N-dealkylation sites (tertiary alicyclic amines) is 1. The average molecular weight is 453 g/mol. The molecule has 4 aromatic rings. The first-order valence-corrected chi connectivity index (χ1v) is 10.6. The van der Waals surface area contributed by atoms with Crippen LogP contribution in [0, 0.1) is 0 Å². The number of aromatic nitrogens is 2. The highest BCUT2D eigenvalue weighted by molar-refractivity contribution is 6.07. The lowest BCUT2D eigenvalue weighted by molar-refractivity contribution is 0.0952. The summed E-state index contributed by atoms with van der Waals surface area (Å²) in [5.74, 6) is -0.244. The molecule has 0 bridgehead atoms. The third-order valence-electron chi connectivity index (χ3n) is 5.96. The number of aliphatic hydroxyl groups is 1. The fourth-order valence-electron chi connectivity index (χ4n) is 4.35. The number of benzene rings is 2. The molecular weight excluding hydrogens is 428 g/mol. The van der Waals surface area contributed by atoms with E-state index >= 15 is 0 Å². The van der Waals surface area contributed by atoms with Gasteiger partial charge < -0.3 is 15.3 Å². The van der Waals surface area contributed by atoms with E-state index in [0.717, 1.165) is 36.7 Å². The number of pyridine rings is 1. The van der Waals surface area contributed by atoms with Gasteiger partial charge in [-0.25, -0.2) is 4.98 Å². The van der Waals surface area contributed by atoms with E-state index in [1.165, 1.54) is 4.40 Å². The Bertz CT molecular complexity index is 1350. The van der Waals surface area contributed by atoms with Crippen LogP contribution in [0.1, 0.15) is 23.2 Å². The molecule has 2 aromatic carbocycles. The van der Waals surface area contributed by atoms with E-state index in [1.807, 2.05) is 30.3 Å². The summed E-state index contributed by atoms with van der Waals surface area (Å²) in [6, 6.07) is 14.9. The van der Waals surface area contributed by atoms with E-state index in [4.69, 9.17) is 4.98 Å². The van der Waals surface area contributed by atoms with Crippen molar-refractivity contribution in [3.63, 3.8) is 0 Å². The number of amides is 1. The highest BCUT2D eigenvalue weighted by atomic mass is 35.5. The zero-order valence-electron chi connectivity index (χ0n) is 17.5. The number of fused-ring (bicyclic) bond motifs is 4. The van der Waals surface area contributed by atoms with Crippen molar-refractivity contribution in [1.29, 1.82) is 0 Å². The molecule has 1 saturated heterocycles. The second-order valence-electron chi connectivity index (χ2n) is 8.07. The summed E-state index contributed by atoms with van der Waals surface area (Å²) in [5, 5.41) is 15.0. The predicted octanol–water partition coefficient (Wildman–Crippen LogP) is 2.61. The van der Waals surface area contributed by atoms with Crippen molar-refractivity contribution in [2.45, 2.75) is 18.9 Å². The zero-order chi connectivity index (χ0) is 21.4. The number of rotatable bonds is 5. The van der Waals surface area contributed by atoms with Crippen LogP contribution in [0.4, 0.5) is 0 Å². The minimum Gasteiger partial charge on any atom is -0.392 e. The van der Waals surface area contributed by atoms with Crippen molar-refractivity contribution in [3.05, 3.63) is 70.6 Å². The Morgan fingerprint density at radius 1 is 1.12 bits per heavy atom. The standard InChI is InChI=1S/C24H24N4O3.ClH/c29-17-10-14-27(15-17)12-4-11-25-23(30)20-7-3-13-28-22(20)26-21-18-6-2-1-5-16(18)8-9-19(21)24(28)31;/h1-3,5-9,13,17,29H,4,10-12,14-15H2,(H,25,30);1H/t17-;/m0./s1. The first-order chi connectivity index (χ1) is 15.1. The van der Waals surface area contributed by atoms with Gasteiger partial charge in [0.25, 0.3) is 11.5 Å². The van der Waals surface area contributed by atoms with Crippen molar-refractivity contribution in [2.24, 2.45) is 0 Å². The van der Waals surface area contributed by atoms with Crippen molar-refractivity contribution in [3.8, 4) is 0 Å². The third kappa shape index (κ3) is 4.07. The molecule has 166 valence electrons. The molecule has 5 rings (SSSR count). The monoisotopic (exact) mass is 452 g/mol. The van der Waals surface area contributed by atoms with Gasteiger partial charge in [0.05, 0.1) is 22.6 Å². The van der Waals surface area contributed by atoms with E-state index in [-0.39, 0.29) is 30.0 Å². The minimum atomic E-state index is -0.244. The number of β-amino-alcohol motifs (C(OH)–C–C–N with tert-alkyl or cyclic N) is 1. The van der Waals surface area contributed by atoms with Crippen LogP contribution >= 0.6 is 12.4 Å². The van der Waals surface area contributed by atoms with Gasteiger partial charge in [0.15, 0.2) is 5.65 Å². The zero-order valence-corrected chi connectivity index (χ0v) is 18.3. The Morgan fingerprint density at radius 2 is 1.97 bits per heavy atom. The molecule has 0 spiro atoms. The molecule has 0 saturated carbocycles. The smallest absolute Gasteiger partial charge is 0.265 e. The lowest BCUT2D eigenvalue weighted by Crippen LogP contribution is -2.30. The number of nitrogens with zero attached hydrogens (tertiary/aromatic N) is 3. The lowest BCUT2D eigenvalue weighted by atomic mass is 10.1. The molecule has 1 aliphatic heterocycles. The van der Waals surface area contributed by atoms with E-state index < -0.39 is 0 Å². The first-order valence-electron chi connectivity index (χ1n) is 10.6. The molecule has 1 amide bonds. The van der Waals surface area contributed by atoms with Crippen LogP contribution in [0.15, 0.2) is 59.5 Å². The van der Waals surface area contributed by atoms with Gasteiger partial charge in [-0.1, -0.05) is 30.3 Å². The second kappa shape index (κ2) is 9.24. The summed E-state index contributed by atoms with van der Waals surface area (Å²) in [6.45, 7) is 2.95. The Labute approximate surface area is 191 Å². The molecule has 2 aromatic heterocycles. The van der Waals surface area contributed by atoms with Gasteiger partial charge in [0.1, 0.15) is 0 Å². The third-order valence-corrected chi connectivity index (χ3v) is 5.96. The van der Waals surface area contributed by atoms with Gasteiger partial charge in [-0.2, -0.15) is 0 Å². The van der Waals surface area contributed by atoms with Crippen LogP contribution in [-0.4, -0.2) is 57.6 Å². The predicted molar refractivity (Wildman–Crippen MR) is 128 cm³/mol. The van der Waals surface area contributed by atoms with Gasteiger partial charge in [-0.3, -0.25) is 14.0 Å². The van der Waals surface area contributed by atoms with Crippen LogP contribution in [0.25, 0.3) is 27.3 Å². The molecule has 7 nitrogen and oxygen atoms in total. The number of carbonyl (C=O) groups excluding carboxylic acids is 1. The SMILES string of the molecule is Cl.O=C(NCCCN1CC[C@H](O)C1)c1cccn2c(=O)c3ccc4ccccc4c3nc12. The van der Waals surface area contributed by atoms with E-state index in [9.17, 15) is 14.7 Å². The molecule has 3 heterocycles. The number of hydrogen-bond acceptors (Lipinski definition) is 5. The first kappa shape index (κ1) is 22.2. The fourth-order valence-corrected chi connectivity index (χ4v) is 4.35. The quantitative estimate of drug-likeness (QED) is 0.276. The Balaban J connectivity index is 0.00000245. The molecular formula is C24H25ClN4O3. The van der Waals surface area contributed by atoms with Crippen LogP contribution < -0.4 is 10.9 Å². The molecule has 32 heavy (non-hydrogen) atoms. The second-order valence-corrected chi connectivity index (χ2v) is 8.07. The van der Waals surface area contributed by atoms with E-state index in [1.54, 1.807) is 24.4 Å². The lowest BCUT2D eigenvalue weighted by Gasteiger charge is -2.15. The number of halogens is 1. The Kier molecular flexibility index (Phi) is 6.41. The van der Waals surface area contributed by atoms with Gasteiger partial charge in [-0.15, -0.1) is 12.4 Å². The normalized spacial score (nSPS) is 16.5. The average Bonchev–Trinajstić information content (AvgIpc) is 3.21. The molecule has 1 aliphatic rings. The summed E-state index contributed by atoms with van der Waals surface area (Å²) >= 11 is 0. The molecule has 0 aliphatic carbocycles. The van der Waals surface area contributed by atoms with Gasteiger partial charge in [-0.05, 0) is 43.0 Å². The van der Waals surface area contributed by atoms with Crippen LogP contribution in [0.3, 0.4) is 0 Å². The topological polar surface area (TPSA) is 86.9 Å². The summed E-state index contributed by atoms with van der Waals surface area (Å²) in [7, 11) is 0. The maximum absolute atomic E-state index is 13.1. The van der Waals surface area contributed by atoms with Gasteiger partial charge >= 0.3 is 0 Å². The number of carbonyl (C=O) groups is 1. The maximum atomic E-state index is 13.1. The van der Waals surface area contributed by atoms with Crippen molar-refractivity contribution >= 4 is 45.6 Å². The summed E-state index contributed by atoms with van der Waals surface area (Å²) in [6.07, 6.45) is 3.02. The fraction of sp³-hybridized carbons (Fsp3) is 0.292. The highest BCUT2D eigenvalue weighted by Crippen LogP contribution is 2.23. The summed E-state index contributed by atoms with van der Waals surface area (Å²) in [4.78, 5) is 33.0. The summed E-state index contributed by atoms with van der Waals surface area (Å²) < 4.78 is 1.44. The molecule has 1 atom stereocenters. The molecule has 0 unspecified atom stereocenters. The highest BCUT2D eigenvalue weighted by Gasteiger charge is 2.19. The van der Waals surface area contributed by atoms with Crippen LogP contribution in [0.5, 0.6) is 0 Å². The van der Waals surface area contributed by atoms with Crippen LogP contribution in [-0.2, 0) is 0 Å². The molecule has 1 fully saturated rings. The van der Waals surface area contributed by atoms with E-state index in [2.05, 4.69) is 10.2 Å². The molecule has 0 radical (unpaired) electrons. The van der Waals surface area contributed by atoms with Crippen LogP contribution in [0.2, 0.25) is 0 Å². The number of aliphatic hydroxyl groups excluding tert-OH is 1. The van der Waals surface area contributed by atoms with Gasteiger partial charge in [0.2, 0.25) is 0 Å². The number of nitrogens with one attached hydrogen (secondary N) is 1. The largest absolute Gasteiger partial charge is 0.392 e. The molecule has 2 N–H and O–H groups in total. The minimum absolute atomic E-state index is 0. The van der Waals surface area contributed by atoms with E-state index in [0.29, 0.717) is 35.2 Å². The van der Waals surface area contributed by atoms with Gasteiger partial charge in [0, 0.05) is 31.2 Å². The van der Waals surface area contributed by atoms with Crippen molar-refractivity contribution in [1.82, 2.24) is 19.6 Å². The Morgan fingerprint density at radius 3 is 2.78 bits per heavy atom.